The summed E-state index contributed by atoms with van der Waals surface area (Å²) in [7, 11) is 0. The molecule has 1 aromatic carbocycles. The van der Waals surface area contributed by atoms with E-state index in [1.807, 2.05) is 6.07 Å². The third-order valence-corrected chi connectivity index (χ3v) is 3.01. The summed E-state index contributed by atoms with van der Waals surface area (Å²) in [6, 6.07) is 3.56. The maximum Gasteiger partial charge on any atom is 0.126 e. The number of halogens is 1. The topological polar surface area (TPSA) is 9.23 Å². The summed E-state index contributed by atoms with van der Waals surface area (Å²) < 4.78 is 19.3. The molecule has 0 aliphatic carbocycles. The average Bonchev–Trinajstić information content (AvgIpc) is 2.47. The Morgan fingerprint density at radius 2 is 2.06 bits per heavy atom. The first kappa shape index (κ1) is 11.6. The Morgan fingerprint density at radius 3 is 2.69 bits per heavy atom. The van der Waals surface area contributed by atoms with Crippen LogP contribution in [0.1, 0.15) is 50.0 Å². The fraction of sp³-hybridized carbons (Fsp3) is 0.571. The second-order valence-corrected chi connectivity index (χ2v) is 5.86. The zero-order valence-electron chi connectivity index (χ0n) is 10.4. The molecule has 0 aromatic heterocycles. The fourth-order valence-electron chi connectivity index (χ4n) is 2.19. The molecule has 0 bridgehead atoms. The molecule has 1 nitrogen and oxygen atoms in total. The summed E-state index contributed by atoms with van der Waals surface area (Å²) in [4.78, 5) is 0. The smallest absolute Gasteiger partial charge is 0.126 e. The van der Waals surface area contributed by atoms with Crippen molar-refractivity contribution in [2.45, 2.75) is 46.8 Å². The molecule has 1 heterocycles. The summed E-state index contributed by atoms with van der Waals surface area (Å²) in [5.74, 6) is -0.122. The van der Waals surface area contributed by atoms with Gasteiger partial charge in [0, 0.05) is 0 Å². The molecule has 0 N–H and O–H groups in total. The van der Waals surface area contributed by atoms with Crippen molar-refractivity contribution in [3.8, 4) is 0 Å². The maximum atomic E-state index is 13.5. The molecule has 16 heavy (non-hydrogen) atoms. The van der Waals surface area contributed by atoms with E-state index >= 15 is 0 Å². The summed E-state index contributed by atoms with van der Waals surface area (Å²) in [5.41, 5.74) is 3.10. The molecule has 0 fully saturated rings. The lowest BCUT2D eigenvalue weighted by Crippen LogP contribution is -2.11. The number of fused-ring (bicyclic) bond motifs is 1. The maximum absolute atomic E-state index is 13.5. The summed E-state index contributed by atoms with van der Waals surface area (Å²) in [5, 5.41) is 0. The van der Waals surface area contributed by atoms with Crippen LogP contribution in [0.25, 0.3) is 0 Å². The van der Waals surface area contributed by atoms with Crippen molar-refractivity contribution in [1.82, 2.24) is 0 Å². The summed E-state index contributed by atoms with van der Waals surface area (Å²) in [6.45, 7) is 8.96. The van der Waals surface area contributed by atoms with Gasteiger partial charge >= 0.3 is 0 Å². The fourth-order valence-corrected chi connectivity index (χ4v) is 2.19. The second kappa shape index (κ2) is 3.85. The van der Waals surface area contributed by atoms with Gasteiger partial charge in [0.15, 0.2) is 0 Å². The van der Waals surface area contributed by atoms with E-state index in [-0.39, 0.29) is 17.3 Å². The number of rotatable bonds is 1. The van der Waals surface area contributed by atoms with Crippen LogP contribution in [0.2, 0.25) is 0 Å². The molecule has 0 saturated heterocycles. The van der Waals surface area contributed by atoms with Crippen LogP contribution in [-0.2, 0) is 11.3 Å². The van der Waals surface area contributed by atoms with Crippen LogP contribution in [0.3, 0.4) is 0 Å². The molecule has 1 unspecified atom stereocenters. The van der Waals surface area contributed by atoms with Crippen LogP contribution in [-0.4, -0.2) is 0 Å². The number of hydrogen-bond acceptors (Lipinski definition) is 1. The highest BCUT2D eigenvalue weighted by Gasteiger charge is 2.28. The highest BCUT2D eigenvalue weighted by Crippen LogP contribution is 2.39. The number of aryl methyl sites for hydroxylation is 1. The van der Waals surface area contributed by atoms with Gasteiger partial charge in [-0.2, -0.15) is 0 Å². The molecule has 2 heteroatoms. The molecule has 0 radical (unpaired) electrons. The lowest BCUT2D eigenvalue weighted by molar-refractivity contribution is 0.0369. The molecular formula is C14H19FO. The van der Waals surface area contributed by atoms with E-state index in [9.17, 15) is 4.39 Å². The van der Waals surface area contributed by atoms with Gasteiger partial charge in [0.05, 0.1) is 12.7 Å². The van der Waals surface area contributed by atoms with Gasteiger partial charge < -0.3 is 4.74 Å². The molecule has 2 rings (SSSR count). The number of ether oxygens (including phenoxy) is 1. The molecule has 0 saturated carbocycles. The Labute approximate surface area is 96.6 Å². The Bertz CT molecular complexity index is 404. The number of benzene rings is 1. The van der Waals surface area contributed by atoms with Gasteiger partial charge in [-0.3, -0.25) is 0 Å². The minimum Gasteiger partial charge on any atom is -0.369 e. The molecule has 1 aliphatic heterocycles. The van der Waals surface area contributed by atoms with E-state index in [1.54, 1.807) is 13.0 Å². The monoisotopic (exact) mass is 222 g/mol. The van der Waals surface area contributed by atoms with Crippen LogP contribution in [0.4, 0.5) is 4.39 Å². The Hall–Kier alpha value is -0.890. The molecule has 0 spiro atoms. The van der Waals surface area contributed by atoms with Crippen molar-refractivity contribution in [1.29, 1.82) is 0 Å². The van der Waals surface area contributed by atoms with Crippen LogP contribution >= 0.6 is 0 Å². The van der Waals surface area contributed by atoms with Crippen molar-refractivity contribution < 1.29 is 9.13 Å². The van der Waals surface area contributed by atoms with Gasteiger partial charge in [-0.05, 0) is 41.5 Å². The van der Waals surface area contributed by atoms with E-state index in [0.717, 1.165) is 17.5 Å². The first-order valence-electron chi connectivity index (χ1n) is 5.77. The minimum atomic E-state index is -0.122. The van der Waals surface area contributed by atoms with E-state index < -0.39 is 0 Å². The third kappa shape index (κ3) is 2.27. The van der Waals surface area contributed by atoms with E-state index in [4.69, 9.17) is 4.74 Å². The number of hydrogen-bond donors (Lipinski definition) is 0. The van der Waals surface area contributed by atoms with Gasteiger partial charge in [-0.15, -0.1) is 0 Å². The normalized spacial score (nSPS) is 19.9. The molecule has 1 aromatic rings. The predicted octanol–water partition coefficient (Wildman–Crippen LogP) is 4.14. The Balaban J connectivity index is 2.29. The van der Waals surface area contributed by atoms with Gasteiger partial charge in [0.1, 0.15) is 5.82 Å². The predicted molar refractivity (Wildman–Crippen MR) is 62.7 cm³/mol. The quantitative estimate of drug-likeness (QED) is 0.693. The van der Waals surface area contributed by atoms with E-state index in [0.29, 0.717) is 12.2 Å². The van der Waals surface area contributed by atoms with E-state index in [2.05, 4.69) is 20.8 Å². The van der Waals surface area contributed by atoms with Gasteiger partial charge in [-0.1, -0.05) is 26.8 Å². The SMILES string of the molecule is Cc1cc2c(cc1F)C(CC(C)(C)C)OC2. The second-order valence-electron chi connectivity index (χ2n) is 5.86. The van der Waals surface area contributed by atoms with Gasteiger partial charge in [-0.25, -0.2) is 4.39 Å². The van der Waals surface area contributed by atoms with Crippen molar-refractivity contribution in [3.05, 3.63) is 34.6 Å². The van der Waals surface area contributed by atoms with Gasteiger partial charge in [0.25, 0.3) is 0 Å². The summed E-state index contributed by atoms with van der Waals surface area (Å²) in [6.07, 6.45) is 0.993. The van der Waals surface area contributed by atoms with Crippen LogP contribution < -0.4 is 0 Å². The first-order valence-corrected chi connectivity index (χ1v) is 5.77. The highest BCUT2D eigenvalue weighted by molar-refractivity contribution is 5.36. The minimum absolute atomic E-state index is 0.0603. The summed E-state index contributed by atoms with van der Waals surface area (Å²) >= 11 is 0. The molecule has 0 amide bonds. The average molecular weight is 222 g/mol. The van der Waals surface area contributed by atoms with Crippen LogP contribution in [0.5, 0.6) is 0 Å². The Morgan fingerprint density at radius 1 is 1.38 bits per heavy atom. The third-order valence-electron chi connectivity index (χ3n) is 3.01. The standard InChI is InChI=1S/C14H19FO/c1-9-5-10-8-16-13(7-14(2,3)4)11(10)6-12(9)15/h5-6,13H,7-8H2,1-4H3. The van der Waals surface area contributed by atoms with Crippen molar-refractivity contribution in [3.63, 3.8) is 0 Å². The van der Waals surface area contributed by atoms with Crippen molar-refractivity contribution in [2.24, 2.45) is 5.41 Å². The van der Waals surface area contributed by atoms with Crippen LogP contribution in [0.15, 0.2) is 12.1 Å². The van der Waals surface area contributed by atoms with Gasteiger partial charge in [0.2, 0.25) is 0 Å². The van der Waals surface area contributed by atoms with E-state index in [1.165, 1.54) is 0 Å². The first-order chi connectivity index (χ1) is 7.37. The Kier molecular flexibility index (Phi) is 2.79. The molecule has 1 atom stereocenters. The molecule has 88 valence electrons. The zero-order valence-corrected chi connectivity index (χ0v) is 10.4. The highest BCUT2D eigenvalue weighted by atomic mass is 19.1. The molecular weight excluding hydrogens is 203 g/mol. The lowest BCUT2D eigenvalue weighted by atomic mass is 9.86. The van der Waals surface area contributed by atoms with Crippen molar-refractivity contribution >= 4 is 0 Å². The van der Waals surface area contributed by atoms with Crippen molar-refractivity contribution in [2.75, 3.05) is 0 Å². The van der Waals surface area contributed by atoms with Crippen LogP contribution in [0, 0.1) is 18.2 Å². The zero-order chi connectivity index (χ0) is 11.9. The lowest BCUT2D eigenvalue weighted by Gasteiger charge is -2.23. The largest absolute Gasteiger partial charge is 0.369 e. The molecule has 1 aliphatic rings.